The van der Waals surface area contributed by atoms with Crippen molar-refractivity contribution in [3.05, 3.63) is 42.5 Å². The van der Waals surface area contributed by atoms with Crippen molar-refractivity contribution in [2.45, 2.75) is 24.2 Å². The largest absolute Gasteiger partial charge is 0.377 e. The third-order valence-electron chi connectivity index (χ3n) is 4.28. The van der Waals surface area contributed by atoms with E-state index < -0.39 is 10.1 Å². The summed E-state index contributed by atoms with van der Waals surface area (Å²) >= 11 is 0. The maximum Gasteiger partial charge on any atom is 0.341 e. The van der Waals surface area contributed by atoms with E-state index in [0.717, 1.165) is 31.6 Å². The normalized spacial score (nSPS) is 15.4. The van der Waals surface area contributed by atoms with Gasteiger partial charge in [-0.05, 0) is 53.8 Å². The van der Waals surface area contributed by atoms with E-state index in [9.17, 15) is 8.42 Å². The van der Waals surface area contributed by atoms with Gasteiger partial charge in [-0.1, -0.05) is 18.2 Å². The summed E-state index contributed by atoms with van der Waals surface area (Å²) in [6, 6.07) is 11.8. The molecule has 4 rings (SSSR count). The van der Waals surface area contributed by atoms with Gasteiger partial charge in [0.1, 0.15) is 10.4 Å². The highest BCUT2D eigenvalue weighted by molar-refractivity contribution is 7.87. The minimum absolute atomic E-state index is 0.0558. The van der Waals surface area contributed by atoms with Crippen molar-refractivity contribution in [3.8, 4) is 5.75 Å². The number of piperidine rings is 1. The van der Waals surface area contributed by atoms with Crippen LogP contribution in [-0.2, 0) is 10.1 Å². The molecule has 0 atom stereocenters. The number of rotatable bonds is 4. The van der Waals surface area contributed by atoms with E-state index in [-0.39, 0.29) is 10.4 Å². The van der Waals surface area contributed by atoms with E-state index in [1.54, 1.807) is 24.3 Å². The van der Waals surface area contributed by atoms with Crippen LogP contribution in [0.1, 0.15) is 19.3 Å². The standard InChI is InChI=1S/C17H17N3O4S/c21-25(22,16-10-6-7-13-17(16)19-24-18-13)23-15-9-3-2-8-14(15)20-11-4-1-5-12-20/h2-3,6-10H,1,4-5,11-12H2. The molecule has 0 radical (unpaired) electrons. The highest BCUT2D eigenvalue weighted by Gasteiger charge is 2.25. The van der Waals surface area contributed by atoms with Crippen LogP contribution in [0.3, 0.4) is 0 Å². The van der Waals surface area contributed by atoms with Gasteiger partial charge in [0.15, 0.2) is 11.3 Å². The second-order valence-electron chi connectivity index (χ2n) is 5.94. The Bertz CT molecular complexity index is 994. The number of anilines is 1. The van der Waals surface area contributed by atoms with Crippen molar-refractivity contribution in [1.82, 2.24) is 10.3 Å². The summed E-state index contributed by atoms with van der Waals surface area (Å²) in [7, 11) is -4.06. The van der Waals surface area contributed by atoms with E-state index in [0.29, 0.717) is 11.3 Å². The maximum absolute atomic E-state index is 12.8. The van der Waals surface area contributed by atoms with Crippen molar-refractivity contribution in [2.75, 3.05) is 18.0 Å². The molecule has 7 nitrogen and oxygen atoms in total. The fourth-order valence-electron chi connectivity index (χ4n) is 3.07. The molecule has 1 saturated heterocycles. The summed E-state index contributed by atoms with van der Waals surface area (Å²) in [5.41, 5.74) is 1.32. The van der Waals surface area contributed by atoms with Gasteiger partial charge in [0.25, 0.3) is 0 Å². The number of hydrogen-bond acceptors (Lipinski definition) is 7. The summed E-state index contributed by atoms with van der Waals surface area (Å²) in [4.78, 5) is 2.10. The Morgan fingerprint density at radius 1 is 0.960 bits per heavy atom. The number of para-hydroxylation sites is 2. The summed E-state index contributed by atoms with van der Waals surface area (Å²) in [5.74, 6) is 0.317. The predicted octanol–water partition coefficient (Wildman–Crippen LogP) is 2.98. The highest BCUT2D eigenvalue weighted by Crippen LogP contribution is 2.33. The zero-order chi connectivity index (χ0) is 17.3. The van der Waals surface area contributed by atoms with Crippen molar-refractivity contribution in [2.24, 2.45) is 0 Å². The lowest BCUT2D eigenvalue weighted by Crippen LogP contribution is -2.30. The van der Waals surface area contributed by atoms with E-state index in [1.165, 1.54) is 12.5 Å². The average molecular weight is 359 g/mol. The van der Waals surface area contributed by atoms with Crippen LogP contribution in [0.5, 0.6) is 5.75 Å². The van der Waals surface area contributed by atoms with Gasteiger partial charge in [0.2, 0.25) is 0 Å². The Morgan fingerprint density at radius 3 is 2.60 bits per heavy atom. The molecule has 0 amide bonds. The van der Waals surface area contributed by atoms with Crippen LogP contribution in [0, 0.1) is 0 Å². The van der Waals surface area contributed by atoms with Crippen LogP contribution in [0.15, 0.2) is 52.0 Å². The fraction of sp³-hybridized carbons (Fsp3) is 0.294. The second kappa shape index (κ2) is 6.36. The Balaban J connectivity index is 1.71. The van der Waals surface area contributed by atoms with Gasteiger partial charge < -0.3 is 9.08 Å². The van der Waals surface area contributed by atoms with Gasteiger partial charge >= 0.3 is 10.1 Å². The number of nitrogens with zero attached hydrogens (tertiary/aromatic N) is 3. The van der Waals surface area contributed by atoms with Crippen LogP contribution in [0.4, 0.5) is 5.69 Å². The van der Waals surface area contributed by atoms with Gasteiger partial charge in [-0.15, -0.1) is 0 Å². The van der Waals surface area contributed by atoms with E-state index in [1.807, 2.05) is 12.1 Å². The molecule has 2 aromatic carbocycles. The third-order valence-corrected chi connectivity index (χ3v) is 5.55. The zero-order valence-corrected chi connectivity index (χ0v) is 14.3. The van der Waals surface area contributed by atoms with Gasteiger partial charge in [-0.25, -0.2) is 4.63 Å². The number of aromatic nitrogens is 2. The molecule has 1 aliphatic heterocycles. The lowest BCUT2D eigenvalue weighted by atomic mass is 10.1. The molecule has 8 heteroatoms. The van der Waals surface area contributed by atoms with Gasteiger partial charge in [0.05, 0.1) is 5.69 Å². The molecule has 0 aliphatic carbocycles. The third kappa shape index (κ3) is 3.05. The van der Waals surface area contributed by atoms with E-state index >= 15 is 0 Å². The maximum atomic E-state index is 12.8. The molecule has 25 heavy (non-hydrogen) atoms. The molecule has 0 bridgehead atoms. The summed E-state index contributed by atoms with van der Waals surface area (Å²) in [6.45, 7) is 1.78. The van der Waals surface area contributed by atoms with Crippen molar-refractivity contribution in [1.29, 1.82) is 0 Å². The molecule has 3 aromatic rings. The Morgan fingerprint density at radius 2 is 1.76 bits per heavy atom. The first-order valence-corrected chi connectivity index (χ1v) is 9.56. The molecule has 2 heterocycles. The topological polar surface area (TPSA) is 85.5 Å². The molecule has 1 fully saturated rings. The van der Waals surface area contributed by atoms with Crippen LogP contribution in [0.2, 0.25) is 0 Å². The molecule has 1 aliphatic rings. The number of fused-ring (bicyclic) bond motifs is 1. The first kappa shape index (κ1) is 15.9. The SMILES string of the molecule is O=S(=O)(Oc1ccccc1N1CCCCC1)c1cccc2nonc12. The van der Waals surface area contributed by atoms with Crippen molar-refractivity contribution >= 4 is 26.8 Å². The Labute approximate surface area is 145 Å². The fourth-order valence-corrected chi connectivity index (χ4v) is 4.16. The molecule has 0 unspecified atom stereocenters. The monoisotopic (exact) mass is 359 g/mol. The van der Waals surface area contributed by atoms with Gasteiger partial charge in [0, 0.05) is 13.1 Å². The molecular weight excluding hydrogens is 342 g/mol. The molecule has 0 saturated carbocycles. The lowest BCUT2D eigenvalue weighted by molar-refractivity contribution is 0.315. The van der Waals surface area contributed by atoms with Crippen molar-refractivity contribution in [3.63, 3.8) is 0 Å². The summed E-state index contributed by atoms with van der Waals surface area (Å²) in [6.07, 6.45) is 3.37. The summed E-state index contributed by atoms with van der Waals surface area (Å²) in [5, 5.41) is 7.36. The quantitative estimate of drug-likeness (QED) is 0.662. The Hall–Kier alpha value is -2.61. The molecule has 130 valence electrons. The van der Waals surface area contributed by atoms with E-state index in [2.05, 4.69) is 19.8 Å². The highest BCUT2D eigenvalue weighted by atomic mass is 32.2. The Kier molecular flexibility index (Phi) is 4.04. The van der Waals surface area contributed by atoms with Gasteiger partial charge in [-0.3, -0.25) is 0 Å². The first-order chi connectivity index (χ1) is 12.1. The minimum atomic E-state index is -4.06. The summed E-state index contributed by atoms with van der Waals surface area (Å²) < 4.78 is 35.7. The average Bonchev–Trinajstić information content (AvgIpc) is 3.11. The van der Waals surface area contributed by atoms with Crippen LogP contribution < -0.4 is 9.08 Å². The predicted molar refractivity (Wildman–Crippen MR) is 92.1 cm³/mol. The molecule has 0 N–H and O–H groups in total. The number of hydrogen-bond donors (Lipinski definition) is 0. The lowest BCUT2D eigenvalue weighted by Gasteiger charge is -2.30. The first-order valence-electron chi connectivity index (χ1n) is 8.15. The minimum Gasteiger partial charge on any atom is -0.377 e. The molecule has 0 spiro atoms. The second-order valence-corrected chi connectivity index (χ2v) is 7.46. The van der Waals surface area contributed by atoms with Crippen LogP contribution in [0.25, 0.3) is 11.0 Å². The van der Waals surface area contributed by atoms with Gasteiger partial charge in [-0.2, -0.15) is 8.42 Å². The molecule has 1 aromatic heterocycles. The number of benzene rings is 2. The van der Waals surface area contributed by atoms with Crippen LogP contribution >= 0.6 is 0 Å². The van der Waals surface area contributed by atoms with Crippen LogP contribution in [-0.4, -0.2) is 31.8 Å². The molecular formula is C17H17N3O4S. The van der Waals surface area contributed by atoms with Crippen molar-refractivity contribution < 1.29 is 17.2 Å². The smallest absolute Gasteiger partial charge is 0.341 e. The van der Waals surface area contributed by atoms with E-state index in [4.69, 9.17) is 4.18 Å². The zero-order valence-electron chi connectivity index (χ0n) is 13.5.